The van der Waals surface area contributed by atoms with E-state index in [-0.39, 0.29) is 18.9 Å². The van der Waals surface area contributed by atoms with Crippen molar-refractivity contribution in [3.63, 3.8) is 0 Å². The van der Waals surface area contributed by atoms with Gasteiger partial charge in [0.25, 0.3) is 0 Å². The van der Waals surface area contributed by atoms with E-state index in [0.717, 1.165) is 5.56 Å². The number of hydrogen-bond acceptors (Lipinski definition) is 4. The number of aryl methyl sites for hydroxylation is 1. The highest BCUT2D eigenvalue weighted by molar-refractivity contribution is 6.32. The number of esters is 1. The number of ether oxygens (including phenoxy) is 2. The van der Waals surface area contributed by atoms with Crippen molar-refractivity contribution in [3.8, 4) is 5.75 Å². The Balaban J connectivity index is 2.48. The molecule has 0 atom stereocenters. The molecule has 0 aliphatic heterocycles. The molecule has 0 unspecified atom stereocenters. The van der Waals surface area contributed by atoms with Gasteiger partial charge in [0.05, 0.1) is 19.2 Å². The van der Waals surface area contributed by atoms with Crippen LogP contribution in [0.3, 0.4) is 0 Å². The Labute approximate surface area is 116 Å². The van der Waals surface area contributed by atoms with Crippen LogP contribution in [0.25, 0.3) is 0 Å². The molecule has 6 heteroatoms. The van der Waals surface area contributed by atoms with Crippen LogP contribution in [0.1, 0.15) is 12.0 Å². The second-order valence-electron chi connectivity index (χ2n) is 3.79. The normalized spacial score (nSPS) is 9.84. The fourth-order valence-corrected chi connectivity index (χ4v) is 1.78. The summed E-state index contributed by atoms with van der Waals surface area (Å²) in [5, 5.41) is 2.97. The van der Waals surface area contributed by atoms with Crippen molar-refractivity contribution in [3.05, 3.63) is 28.8 Å². The van der Waals surface area contributed by atoms with E-state index in [4.69, 9.17) is 16.3 Å². The minimum atomic E-state index is -0.479. The van der Waals surface area contributed by atoms with Gasteiger partial charge in [0.1, 0.15) is 12.3 Å². The molecule has 0 heterocycles. The van der Waals surface area contributed by atoms with Gasteiger partial charge in [0, 0.05) is 6.42 Å². The van der Waals surface area contributed by atoms with E-state index in [1.165, 1.54) is 14.2 Å². The molecule has 1 N–H and O–H groups in total. The van der Waals surface area contributed by atoms with E-state index in [1.807, 2.05) is 12.1 Å². The van der Waals surface area contributed by atoms with Crippen LogP contribution in [0.2, 0.25) is 5.02 Å². The molecular formula is C13H16ClNO4. The van der Waals surface area contributed by atoms with Crippen LogP contribution in [0.5, 0.6) is 5.75 Å². The molecule has 0 saturated heterocycles. The van der Waals surface area contributed by atoms with Gasteiger partial charge in [-0.15, -0.1) is 0 Å². The Hall–Kier alpha value is -1.75. The maximum absolute atomic E-state index is 11.5. The zero-order valence-electron chi connectivity index (χ0n) is 10.9. The number of carbonyl (C=O) groups is 2. The summed E-state index contributed by atoms with van der Waals surface area (Å²) >= 11 is 6.11. The van der Waals surface area contributed by atoms with Gasteiger partial charge in [0.15, 0.2) is 0 Å². The van der Waals surface area contributed by atoms with Crippen molar-refractivity contribution in [2.45, 2.75) is 12.8 Å². The lowest BCUT2D eigenvalue weighted by molar-refractivity contribution is -0.141. The highest BCUT2D eigenvalue weighted by Crippen LogP contribution is 2.28. The molecule has 0 bridgehead atoms. The first kappa shape index (κ1) is 15.3. The number of amides is 1. The predicted molar refractivity (Wildman–Crippen MR) is 71.4 cm³/mol. The summed E-state index contributed by atoms with van der Waals surface area (Å²) in [5.41, 5.74) is 0.828. The molecule has 0 radical (unpaired) electrons. The van der Waals surface area contributed by atoms with Crippen molar-refractivity contribution < 1.29 is 19.1 Å². The van der Waals surface area contributed by atoms with Crippen LogP contribution in [0.4, 0.5) is 0 Å². The molecule has 1 rings (SSSR count). The van der Waals surface area contributed by atoms with Crippen LogP contribution in [-0.4, -0.2) is 32.6 Å². The van der Waals surface area contributed by atoms with Gasteiger partial charge in [-0.1, -0.05) is 23.7 Å². The summed E-state index contributed by atoms with van der Waals surface area (Å²) in [7, 11) is 2.80. The summed E-state index contributed by atoms with van der Waals surface area (Å²) in [5.74, 6) is -0.133. The van der Waals surface area contributed by atoms with Gasteiger partial charge in [-0.25, -0.2) is 0 Å². The average molecular weight is 286 g/mol. The summed E-state index contributed by atoms with van der Waals surface area (Å²) in [4.78, 5) is 22.4. The zero-order chi connectivity index (χ0) is 14.3. The van der Waals surface area contributed by atoms with Crippen molar-refractivity contribution in [2.24, 2.45) is 0 Å². The third kappa shape index (κ3) is 4.79. The van der Waals surface area contributed by atoms with Crippen LogP contribution < -0.4 is 10.1 Å². The number of hydrogen-bond donors (Lipinski definition) is 1. The smallest absolute Gasteiger partial charge is 0.325 e. The highest BCUT2D eigenvalue weighted by atomic mass is 35.5. The van der Waals surface area contributed by atoms with Gasteiger partial charge in [-0.05, 0) is 18.1 Å². The van der Waals surface area contributed by atoms with E-state index in [1.54, 1.807) is 6.07 Å². The van der Waals surface area contributed by atoms with Crippen LogP contribution >= 0.6 is 11.6 Å². The molecular weight excluding hydrogens is 270 g/mol. The lowest BCUT2D eigenvalue weighted by Gasteiger charge is -2.08. The third-order valence-corrected chi connectivity index (χ3v) is 2.97. The monoisotopic (exact) mass is 285 g/mol. The second-order valence-corrected chi connectivity index (χ2v) is 4.16. The molecule has 0 aliphatic rings. The Bertz CT molecular complexity index is 462. The maximum Gasteiger partial charge on any atom is 0.325 e. The van der Waals surface area contributed by atoms with Gasteiger partial charge < -0.3 is 14.8 Å². The van der Waals surface area contributed by atoms with Crippen LogP contribution in [-0.2, 0) is 20.7 Å². The van der Waals surface area contributed by atoms with E-state index >= 15 is 0 Å². The Kier molecular flexibility index (Phi) is 6.15. The molecule has 1 amide bonds. The van der Waals surface area contributed by atoms with Crippen LogP contribution in [0, 0.1) is 0 Å². The van der Waals surface area contributed by atoms with Crippen molar-refractivity contribution >= 4 is 23.5 Å². The lowest BCUT2D eigenvalue weighted by Crippen LogP contribution is -2.30. The molecule has 0 aliphatic carbocycles. The molecule has 19 heavy (non-hydrogen) atoms. The van der Waals surface area contributed by atoms with Gasteiger partial charge >= 0.3 is 5.97 Å². The number of methoxy groups -OCH3 is 2. The second kappa shape index (κ2) is 7.63. The Morgan fingerprint density at radius 1 is 1.32 bits per heavy atom. The SMILES string of the molecule is COC(=O)CNC(=O)CCc1cccc(OC)c1Cl. The topological polar surface area (TPSA) is 64.6 Å². The first-order chi connectivity index (χ1) is 9.08. The van der Waals surface area contributed by atoms with E-state index < -0.39 is 5.97 Å². The molecule has 0 fully saturated rings. The van der Waals surface area contributed by atoms with Gasteiger partial charge in [-0.3, -0.25) is 9.59 Å². The largest absolute Gasteiger partial charge is 0.495 e. The van der Waals surface area contributed by atoms with Crippen LogP contribution in [0.15, 0.2) is 18.2 Å². The standard InChI is InChI=1S/C13H16ClNO4/c1-18-10-5-3-4-9(13(10)14)6-7-11(16)15-8-12(17)19-2/h3-5H,6-8H2,1-2H3,(H,15,16). The van der Waals surface area contributed by atoms with E-state index in [2.05, 4.69) is 10.1 Å². The summed E-state index contributed by atoms with van der Waals surface area (Å²) in [6.45, 7) is -0.124. The molecule has 1 aromatic rings. The van der Waals surface area contributed by atoms with Crippen molar-refractivity contribution in [2.75, 3.05) is 20.8 Å². The minimum Gasteiger partial charge on any atom is -0.495 e. The zero-order valence-corrected chi connectivity index (χ0v) is 11.6. The fourth-order valence-electron chi connectivity index (χ4n) is 1.49. The summed E-state index contributed by atoms with van der Waals surface area (Å²) in [6, 6.07) is 5.40. The number of rotatable bonds is 6. The van der Waals surface area contributed by atoms with Gasteiger partial charge in [-0.2, -0.15) is 0 Å². The van der Waals surface area contributed by atoms with Crippen molar-refractivity contribution in [1.29, 1.82) is 0 Å². The van der Waals surface area contributed by atoms with Gasteiger partial charge in [0.2, 0.25) is 5.91 Å². The third-order valence-electron chi connectivity index (χ3n) is 2.54. The Morgan fingerprint density at radius 2 is 2.05 bits per heavy atom. The highest BCUT2D eigenvalue weighted by Gasteiger charge is 2.09. The molecule has 5 nitrogen and oxygen atoms in total. The minimum absolute atomic E-state index is 0.124. The molecule has 1 aromatic carbocycles. The molecule has 104 valence electrons. The number of benzene rings is 1. The Morgan fingerprint density at radius 3 is 2.68 bits per heavy atom. The number of nitrogens with one attached hydrogen (secondary N) is 1. The summed E-state index contributed by atoms with van der Waals surface area (Å²) < 4.78 is 9.51. The lowest BCUT2D eigenvalue weighted by atomic mass is 10.1. The first-order valence-corrected chi connectivity index (χ1v) is 6.11. The maximum atomic E-state index is 11.5. The van der Waals surface area contributed by atoms with Crippen molar-refractivity contribution in [1.82, 2.24) is 5.32 Å². The molecule has 0 saturated carbocycles. The van der Waals surface area contributed by atoms with E-state index in [9.17, 15) is 9.59 Å². The quantitative estimate of drug-likeness (QED) is 0.806. The predicted octanol–water partition coefficient (Wildman–Crippen LogP) is 1.57. The molecule has 0 spiro atoms. The fraction of sp³-hybridized carbons (Fsp3) is 0.385. The summed E-state index contributed by atoms with van der Waals surface area (Å²) in [6.07, 6.45) is 0.715. The van der Waals surface area contributed by atoms with E-state index in [0.29, 0.717) is 17.2 Å². The first-order valence-electron chi connectivity index (χ1n) is 5.73. The number of carbonyl (C=O) groups excluding carboxylic acids is 2. The number of halogens is 1. The molecule has 0 aromatic heterocycles. The average Bonchev–Trinajstić information content (AvgIpc) is 2.43.